The lowest BCUT2D eigenvalue weighted by Gasteiger charge is -2.29. The monoisotopic (exact) mass is 1010 g/mol. The average Bonchev–Trinajstić information content (AvgIpc) is 4.12. The number of carbonyl (C=O) groups excluding carboxylic acids is 2. The zero-order valence-electron chi connectivity index (χ0n) is 36.3. The molecule has 4 aromatic carbocycles. The molecule has 2 aliphatic heterocycles. The Hall–Kier alpha value is -6.87. The molecule has 13 nitrogen and oxygen atoms in total. The normalized spacial score (nSPS) is 14.3. The van der Waals surface area contributed by atoms with Crippen LogP contribution in [0.3, 0.4) is 0 Å². The predicted octanol–water partition coefficient (Wildman–Crippen LogP) is 7.58. The van der Waals surface area contributed by atoms with Crippen LogP contribution in [0.2, 0.25) is 0 Å². The number of imidazole rings is 1. The minimum atomic E-state index is -4.67. The summed E-state index contributed by atoms with van der Waals surface area (Å²) in [5.74, 6) is -0.600. The maximum atomic E-state index is 13.5. The summed E-state index contributed by atoms with van der Waals surface area (Å²) in [6.07, 6.45) is 4.45. The van der Waals surface area contributed by atoms with E-state index < -0.39 is 31.5 Å². The Labute approximate surface area is 401 Å². The molecule has 0 spiro atoms. The average molecular weight is 1010 g/mol. The Balaban J connectivity index is 0.744. The second kappa shape index (κ2) is 18.2. The molecular formula is C49H40F3N7O6S4. The van der Waals surface area contributed by atoms with E-state index in [9.17, 15) is 39.6 Å². The first-order chi connectivity index (χ1) is 33.1. The van der Waals surface area contributed by atoms with Crippen molar-refractivity contribution in [2.75, 3.05) is 29.4 Å². The van der Waals surface area contributed by atoms with Crippen molar-refractivity contribution >= 4 is 93.1 Å². The number of nitrogens with one attached hydrogen (secondary N) is 2. The topological polar surface area (TPSA) is 163 Å². The minimum Gasteiger partial charge on any atom is -0.372 e. The maximum Gasteiger partial charge on any atom is 0.434 e. The van der Waals surface area contributed by atoms with Crippen LogP contribution in [0.15, 0.2) is 141 Å². The number of benzene rings is 4. The number of fused-ring (bicyclic) bond motifs is 3. The molecule has 0 bridgehead atoms. The summed E-state index contributed by atoms with van der Waals surface area (Å²) in [7, 11) is -7.81. The third kappa shape index (κ3) is 9.48. The van der Waals surface area contributed by atoms with Crippen molar-refractivity contribution in [3.63, 3.8) is 0 Å². The van der Waals surface area contributed by atoms with Gasteiger partial charge in [-0.1, -0.05) is 47.7 Å². The number of rotatable bonds is 12. The highest BCUT2D eigenvalue weighted by atomic mass is 32.2. The smallest absolute Gasteiger partial charge is 0.372 e. The molecule has 69 heavy (non-hydrogen) atoms. The fourth-order valence-electron chi connectivity index (χ4n) is 8.16. The van der Waals surface area contributed by atoms with E-state index in [1.807, 2.05) is 29.3 Å². The van der Waals surface area contributed by atoms with Crippen molar-refractivity contribution < 1.29 is 39.6 Å². The molecule has 20 heteroatoms. The molecule has 2 N–H and O–H groups in total. The van der Waals surface area contributed by atoms with E-state index in [-0.39, 0.29) is 50.1 Å². The lowest BCUT2D eigenvalue weighted by atomic mass is 10.1. The van der Waals surface area contributed by atoms with Crippen LogP contribution in [-0.4, -0.2) is 62.7 Å². The van der Waals surface area contributed by atoms with Gasteiger partial charge in [0, 0.05) is 62.6 Å². The van der Waals surface area contributed by atoms with Gasteiger partial charge >= 0.3 is 6.18 Å². The second-order valence-corrected chi connectivity index (χ2v) is 22.5. The van der Waals surface area contributed by atoms with E-state index in [0.29, 0.717) is 27.7 Å². The van der Waals surface area contributed by atoms with Crippen LogP contribution < -0.4 is 30.2 Å². The van der Waals surface area contributed by atoms with Crippen LogP contribution in [0.25, 0.3) is 28.1 Å². The fraction of sp³-hybridized carbons (Fsp3) is 0.184. The number of hydrogen-bond donors (Lipinski definition) is 2. The number of halogens is 3. The van der Waals surface area contributed by atoms with Crippen LogP contribution >= 0.6 is 22.7 Å². The molecule has 0 atom stereocenters. The zero-order chi connectivity index (χ0) is 48.1. The highest BCUT2D eigenvalue weighted by molar-refractivity contribution is 7.91. The SMILES string of the molecule is O=C(NCc1ccc(S(=O)(=O)c2cccc(N3CCCCC3)c2)cc1)c1ccc2nc(N3C=c4sc(C(=O)NCc5ccc(S(=O)(=O)c6ccc7nc(C(F)(F)F)cn7c6)cc5)cc4=CC3)sc2c1. The van der Waals surface area contributed by atoms with Crippen molar-refractivity contribution in [1.29, 1.82) is 0 Å². The van der Waals surface area contributed by atoms with Crippen LogP contribution in [0, 0.1) is 0 Å². The third-order valence-electron chi connectivity index (χ3n) is 11.9. The van der Waals surface area contributed by atoms with E-state index >= 15 is 0 Å². The molecule has 2 amide bonds. The Morgan fingerprint density at radius 2 is 1.35 bits per heavy atom. The molecule has 0 saturated carbocycles. The van der Waals surface area contributed by atoms with Crippen LogP contribution in [0.1, 0.15) is 56.1 Å². The number of nitrogens with zero attached hydrogens (tertiary/aromatic N) is 5. The molecule has 352 valence electrons. The molecule has 0 unspecified atom stereocenters. The lowest BCUT2D eigenvalue weighted by Crippen LogP contribution is -2.31. The van der Waals surface area contributed by atoms with Crippen LogP contribution in [0.4, 0.5) is 24.0 Å². The molecule has 1 saturated heterocycles. The minimum absolute atomic E-state index is 0.0409. The van der Waals surface area contributed by atoms with Crippen LogP contribution in [-0.2, 0) is 38.9 Å². The molecule has 8 aromatic rings. The van der Waals surface area contributed by atoms with Crippen molar-refractivity contribution in [3.8, 4) is 0 Å². The first-order valence-electron chi connectivity index (χ1n) is 21.7. The van der Waals surface area contributed by atoms with E-state index in [2.05, 4.69) is 20.5 Å². The quantitative estimate of drug-likeness (QED) is 0.125. The van der Waals surface area contributed by atoms with Gasteiger partial charge in [-0.2, -0.15) is 13.2 Å². The van der Waals surface area contributed by atoms with Gasteiger partial charge in [0.15, 0.2) is 10.8 Å². The second-order valence-electron chi connectivity index (χ2n) is 16.6. The zero-order valence-corrected chi connectivity index (χ0v) is 39.6. The summed E-state index contributed by atoms with van der Waals surface area (Å²) in [6, 6.07) is 29.1. The van der Waals surface area contributed by atoms with Gasteiger partial charge in [-0.05, 0) is 114 Å². The largest absolute Gasteiger partial charge is 0.434 e. The van der Waals surface area contributed by atoms with Gasteiger partial charge in [-0.3, -0.25) is 9.59 Å². The number of carbonyl (C=O) groups is 2. The van der Waals surface area contributed by atoms with Crippen molar-refractivity contribution in [3.05, 3.63) is 159 Å². The molecular weight excluding hydrogens is 968 g/mol. The number of hydrogen-bond acceptors (Lipinski definition) is 12. The van der Waals surface area contributed by atoms with Gasteiger partial charge in [0.2, 0.25) is 19.7 Å². The lowest BCUT2D eigenvalue weighted by molar-refractivity contribution is -0.140. The molecule has 6 heterocycles. The van der Waals surface area contributed by atoms with Crippen LogP contribution in [0.5, 0.6) is 0 Å². The number of alkyl halides is 3. The molecule has 4 aromatic heterocycles. The fourth-order valence-corrected chi connectivity index (χ4v) is 12.7. The van der Waals surface area contributed by atoms with Gasteiger partial charge < -0.3 is 24.8 Å². The Kier molecular flexibility index (Phi) is 12.1. The number of thiophene rings is 1. The van der Waals surface area contributed by atoms with Gasteiger partial charge in [-0.25, -0.2) is 26.8 Å². The summed E-state index contributed by atoms with van der Waals surface area (Å²) >= 11 is 2.74. The van der Waals surface area contributed by atoms with E-state index in [0.717, 1.165) is 73.9 Å². The summed E-state index contributed by atoms with van der Waals surface area (Å²) in [4.78, 5) is 39.7. The molecule has 2 aliphatic rings. The molecule has 10 rings (SSSR count). The third-order valence-corrected chi connectivity index (χ3v) is 17.6. The Morgan fingerprint density at radius 1 is 0.681 bits per heavy atom. The van der Waals surface area contributed by atoms with Crippen molar-refractivity contribution in [1.82, 2.24) is 25.0 Å². The first kappa shape index (κ1) is 45.9. The maximum absolute atomic E-state index is 13.5. The summed E-state index contributed by atoms with van der Waals surface area (Å²) in [5, 5.41) is 7.42. The van der Waals surface area contributed by atoms with Gasteiger partial charge in [-0.15, -0.1) is 11.3 Å². The standard InChI is InChI=1S/C49H40F3N7O6S4/c50-49(51,52)44-30-59-28-39(16-18-45(59)56-44)69(64,65)37-14-9-32(10-15-37)27-54-47(61)42-23-33-19-22-58(29-43(33)66-42)48-55-40-17-11-34(24-41(40)67-48)46(60)53-26-31-7-12-36(13-8-31)68(62,63)38-6-4-5-35(25-38)57-20-2-1-3-21-57/h4-19,23-25,28-30H,1-3,20-22,26-27H2,(H,53,60)(H,54,61). The van der Waals surface area contributed by atoms with Crippen molar-refractivity contribution in [2.45, 2.75) is 58.1 Å². The number of piperidine rings is 1. The summed E-state index contributed by atoms with van der Waals surface area (Å²) < 4.78 is 95.8. The number of pyridine rings is 1. The summed E-state index contributed by atoms with van der Waals surface area (Å²) in [6.45, 7) is 2.65. The van der Waals surface area contributed by atoms with E-state index in [4.69, 9.17) is 4.98 Å². The number of sulfone groups is 2. The van der Waals surface area contributed by atoms with Crippen molar-refractivity contribution in [2.24, 2.45) is 0 Å². The predicted molar refractivity (Wildman–Crippen MR) is 258 cm³/mol. The number of aromatic nitrogens is 3. The Morgan fingerprint density at radius 3 is 2.04 bits per heavy atom. The Bertz CT molecular complexity index is 3660. The van der Waals surface area contributed by atoms with E-state index in [1.54, 1.807) is 72.8 Å². The molecule has 1 fully saturated rings. The van der Waals surface area contributed by atoms with Gasteiger partial charge in [0.25, 0.3) is 11.8 Å². The first-order valence-corrected chi connectivity index (χ1v) is 26.3. The molecule has 0 radical (unpaired) electrons. The highest BCUT2D eigenvalue weighted by Crippen LogP contribution is 2.32. The highest BCUT2D eigenvalue weighted by Gasteiger charge is 2.34. The number of anilines is 2. The van der Waals surface area contributed by atoms with E-state index in [1.165, 1.54) is 53.4 Å². The van der Waals surface area contributed by atoms with Gasteiger partial charge in [0.05, 0.1) is 39.2 Å². The van der Waals surface area contributed by atoms with Gasteiger partial charge in [0.1, 0.15) is 5.65 Å². The summed E-state index contributed by atoms with van der Waals surface area (Å²) in [5.41, 5.74) is 2.30. The molecule has 0 aliphatic carbocycles. The number of thiazole rings is 1. The number of amides is 2.